The molecular formula is C24H22N4OS. The number of nitriles is 1. The molecule has 3 aromatic rings. The van der Waals surface area contributed by atoms with Crippen LogP contribution in [0.25, 0.3) is 10.1 Å². The predicted octanol–water partition coefficient (Wildman–Crippen LogP) is 4.65. The summed E-state index contributed by atoms with van der Waals surface area (Å²) in [6.07, 6.45) is 2.48. The van der Waals surface area contributed by atoms with Crippen molar-refractivity contribution in [2.75, 3.05) is 7.05 Å². The molecule has 0 unspecified atom stereocenters. The van der Waals surface area contributed by atoms with E-state index in [1.165, 1.54) is 34.6 Å². The molecule has 2 atom stereocenters. The first-order valence-corrected chi connectivity index (χ1v) is 10.9. The normalized spacial score (nSPS) is 24.0. The number of carbonyl (C=O) groups is 1. The number of likely N-dealkylation sites (N-methyl/N-ethyl adjacent to an activating group) is 1. The van der Waals surface area contributed by atoms with E-state index in [1.54, 1.807) is 7.05 Å². The van der Waals surface area contributed by atoms with E-state index in [0.29, 0.717) is 11.5 Å². The molecule has 150 valence electrons. The maximum absolute atomic E-state index is 13.4. The summed E-state index contributed by atoms with van der Waals surface area (Å²) in [7, 11) is 1.64. The number of amides is 1. The van der Waals surface area contributed by atoms with Crippen molar-refractivity contribution < 1.29 is 4.79 Å². The van der Waals surface area contributed by atoms with E-state index in [9.17, 15) is 10.1 Å². The highest BCUT2D eigenvalue weighted by Gasteiger charge is 2.49. The molecule has 1 aliphatic heterocycles. The molecule has 2 aromatic carbocycles. The van der Waals surface area contributed by atoms with Gasteiger partial charge in [0.1, 0.15) is 6.07 Å². The third kappa shape index (κ3) is 2.81. The molecule has 1 amide bonds. The minimum atomic E-state index is -0.780. The van der Waals surface area contributed by atoms with Gasteiger partial charge in [0.15, 0.2) is 5.96 Å². The van der Waals surface area contributed by atoms with E-state index < -0.39 is 11.5 Å². The second kappa shape index (κ2) is 6.68. The molecule has 1 saturated carbocycles. The van der Waals surface area contributed by atoms with Gasteiger partial charge in [-0.1, -0.05) is 36.4 Å². The number of carbonyl (C=O) groups excluding carboxylic acids is 1. The Hall–Kier alpha value is -3.17. The van der Waals surface area contributed by atoms with Gasteiger partial charge >= 0.3 is 0 Å². The zero-order chi connectivity index (χ0) is 21.0. The number of thiophene rings is 1. The number of fused-ring (bicyclic) bond motifs is 1. The van der Waals surface area contributed by atoms with Crippen LogP contribution in [-0.2, 0) is 10.3 Å². The van der Waals surface area contributed by atoms with Crippen LogP contribution in [0.4, 0.5) is 0 Å². The summed E-state index contributed by atoms with van der Waals surface area (Å²) in [4.78, 5) is 15.7. The second-order valence-corrected chi connectivity index (χ2v) is 9.45. The first-order valence-electron chi connectivity index (χ1n) is 10.1. The lowest BCUT2D eigenvalue weighted by atomic mass is 9.76. The van der Waals surface area contributed by atoms with Crippen LogP contribution in [0.2, 0.25) is 0 Å². The van der Waals surface area contributed by atoms with Crippen LogP contribution >= 0.6 is 11.3 Å². The topological polar surface area (TPSA) is 80.0 Å². The first-order chi connectivity index (χ1) is 14.4. The summed E-state index contributed by atoms with van der Waals surface area (Å²) in [5, 5.41) is 22.1. The van der Waals surface area contributed by atoms with Gasteiger partial charge in [0, 0.05) is 11.9 Å². The average molecular weight is 415 g/mol. The third-order valence-electron chi connectivity index (χ3n) is 6.36. The third-order valence-corrected chi connectivity index (χ3v) is 7.78. The largest absolute Gasteiger partial charge is 0.345 e. The Labute approximate surface area is 179 Å². The summed E-state index contributed by atoms with van der Waals surface area (Å²) < 4.78 is 0.916. The van der Waals surface area contributed by atoms with Gasteiger partial charge in [-0.15, -0.1) is 11.3 Å². The van der Waals surface area contributed by atoms with Gasteiger partial charge in [0.25, 0.3) is 0 Å². The fourth-order valence-electron chi connectivity index (χ4n) is 4.42. The molecule has 1 aromatic heterocycles. The summed E-state index contributed by atoms with van der Waals surface area (Å²) in [6.45, 7) is 1.99. The number of guanidine groups is 1. The van der Waals surface area contributed by atoms with Gasteiger partial charge in [0.05, 0.1) is 21.7 Å². The fraction of sp³-hybridized carbons (Fsp3) is 0.292. The Morgan fingerprint density at radius 2 is 1.90 bits per heavy atom. The van der Waals surface area contributed by atoms with Crippen molar-refractivity contribution in [2.45, 2.75) is 37.1 Å². The monoisotopic (exact) mass is 414 g/mol. The van der Waals surface area contributed by atoms with Crippen molar-refractivity contribution in [3.05, 3.63) is 70.1 Å². The Balaban J connectivity index is 1.65. The number of hydrogen-bond acceptors (Lipinski definition) is 4. The van der Waals surface area contributed by atoms with Gasteiger partial charge < -0.3 is 5.32 Å². The van der Waals surface area contributed by atoms with Crippen molar-refractivity contribution in [2.24, 2.45) is 0 Å². The number of nitrogens with zero attached hydrogens (tertiary/aromatic N) is 2. The lowest BCUT2D eigenvalue weighted by Crippen LogP contribution is -2.62. The quantitative estimate of drug-likeness (QED) is 0.655. The van der Waals surface area contributed by atoms with E-state index in [1.807, 2.05) is 31.2 Å². The number of hydrogen-bond donors (Lipinski definition) is 2. The lowest BCUT2D eigenvalue weighted by Gasteiger charge is -2.45. The van der Waals surface area contributed by atoms with E-state index in [-0.39, 0.29) is 11.9 Å². The smallest absolute Gasteiger partial charge is 0.239 e. The Morgan fingerprint density at radius 3 is 2.57 bits per heavy atom. The minimum absolute atomic E-state index is 0.0892. The Kier molecular flexibility index (Phi) is 4.19. The lowest BCUT2D eigenvalue weighted by molar-refractivity contribution is -0.131. The number of rotatable bonds is 3. The van der Waals surface area contributed by atoms with Crippen molar-refractivity contribution in [3.63, 3.8) is 0 Å². The highest BCUT2D eigenvalue weighted by Crippen LogP contribution is 2.46. The van der Waals surface area contributed by atoms with Crippen molar-refractivity contribution in [1.82, 2.24) is 10.2 Å². The van der Waals surface area contributed by atoms with Crippen LogP contribution in [-0.4, -0.2) is 23.8 Å². The molecule has 2 N–H and O–H groups in total. The molecule has 30 heavy (non-hydrogen) atoms. The molecule has 2 heterocycles. The van der Waals surface area contributed by atoms with Gasteiger partial charge in [0.2, 0.25) is 5.91 Å². The van der Waals surface area contributed by atoms with Crippen molar-refractivity contribution in [1.29, 1.82) is 10.7 Å². The molecule has 6 heteroatoms. The standard InChI is InChI=1S/C24H22N4OS/c1-24(19-12-17-4-3-5-18(13-25)21(17)30-19)20(22(29)28(2)23(26)27-24)16-10-8-15(9-11-16)14-6-7-14/h3-5,8-12,14,20H,6-7H2,1-2H3,(H2,26,27)/t20-,24+/m0/s1. The van der Waals surface area contributed by atoms with Gasteiger partial charge in [-0.05, 0) is 54.3 Å². The fourth-order valence-corrected chi connectivity index (χ4v) is 5.67. The molecule has 5 nitrogen and oxygen atoms in total. The van der Waals surface area contributed by atoms with E-state index in [2.05, 4.69) is 35.7 Å². The van der Waals surface area contributed by atoms with Gasteiger partial charge in [-0.2, -0.15) is 5.26 Å². The summed E-state index contributed by atoms with van der Waals surface area (Å²) in [5.41, 5.74) is 2.13. The van der Waals surface area contributed by atoms with Crippen LogP contribution in [0, 0.1) is 16.7 Å². The molecular weight excluding hydrogens is 392 g/mol. The van der Waals surface area contributed by atoms with E-state index in [0.717, 1.165) is 20.5 Å². The highest BCUT2D eigenvalue weighted by molar-refractivity contribution is 7.19. The van der Waals surface area contributed by atoms with Gasteiger partial charge in [-0.25, -0.2) is 0 Å². The molecule has 0 spiro atoms. The molecule has 2 fully saturated rings. The summed E-state index contributed by atoms with van der Waals surface area (Å²) in [5.74, 6) is 0.182. The molecule has 5 rings (SSSR count). The van der Waals surface area contributed by atoms with Crippen LogP contribution in [0.1, 0.15) is 53.2 Å². The maximum Gasteiger partial charge on any atom is 0.239 e. The van der Waals surface area contributed by atoms with Crippen molar-refractivity contribution in [3.8, 4) is 6.07 Å². The van der Waals surface area contributed by atoms with Crippen LogP contribution in [0.5, 0.6) is 0 Å². The maximum atomic E-state index is 13.4. The molecule has 0 radical (unpaired) electrons. The second-order valence-electron chi connectivity index (χ2n) is 8.39. The molecule has 2 aliphatic rings. The van der Waals surface area contributed by atoms with Crippen molar-refractivity contribution >= 4 is 33.3 Å². The summed E-state index contributed by atoms with van der Waals surface area (Å²) in [6, 6.07) is 18.4. The van der Waals surface area contributed by atoms with E-state index >= 15 is 0 Å². The number of benzene rings is 2. The van der Waals surface area contributed by atoms with E-state index in [4.69, 9.17) is 5.41 Å². The predicted molar refractivity (Wildman–Crippen MR) is 119 cm³/mol. The Bertz CT molecular complexity index is 1220. The molecule has 1 aliphatic carbocycles. The minimum Gasteiger partial charge on any atom is -0.345 e. The first kappa shape index (κ1) is 18.8. The average Bonchev–Trinajstić information content (AvgIpc) is 3.49. The molecule has 1 saturated heterocycles. The molecule has 0 bridgehead atoms. The Morgan fingerprint density at radius 1 is 1.20 bits per heavy atom. The highest BCUT2D eigenvalue weighted by atomic mass is 32.1. The van der Waals surface area contributed by atoms with Crippen LogP contribution < -0.4 is 5.32 Å². The zero-order valence-electron chi connectivity index (χ0n) is 16.9. The summed E-state index contributed by atoms with van der Waals surface area (Å²) >= 11 is 1.52. The zero-order valence-corrected chi connectivity index (χ0v) is 17.7. The van der Waals surface area contributed by atoms with Crippen LogP contribution in [0.3, 0.4) is 0 Å². The van der Waals surface area contributed by atoms with Gasteiger partial charge in [-0.3, -0.25) is 15.1 Å². The van der Waals surface area contributed by atoms with Crippen LogP contribution in [0.15, 0.2) is 48.5 Å². The SMILES string of the molecule is CN1C(=N)N[C@](C)(c2cc3cccc(C#N)c3s2)[C@@H](c2ccc(C3CC3)cc2)C1=O. The number of nitrogens with one attached hydrogen (secondary N) is 2.